The monoisotopic (exact) mass is 463 g/mol. The fourth-order valence-electron chi connectivity index (χ4n) is 3.97. The van der Waals surface area contributed by atoms with Gasteiger partial charge in [0.15, 0.2) is 17.1 Å². The van der Waals surface area contributed by atoms with Gasteiger partial charge < -0.3 is 14.8 Å². The van der Waals surface area contributed by atoms with Gasteiger partial charge in [0, 0.05) is 17.5 Å². The summed E-state index contributed by atoms with van der Waals surface area (Å²) in [7, 11) is 0. The maximum Gasteiger partial charge on any atom is 0.416 e. The Hall–Kier alpha value is -4.34. The highest BCUT2D eigenvalue weighted by Crippen LogP contribution is 2.35. The van der Waals surface area contributed by atoms with Crippen molar-refractivity contribution in [3.8, 4) is 22.8 Å². The molecule has 10 heteroatoms. The summed E-state index contributed by atoms with van der Waals surface area (Å²) in [5.41, 5.74) is 1.84. The van der Waals surface area contributed by atoms with Crippen molar-refractivity contribution in [2.24, 2.45) is 0 Å². The molecule has 3 heterocycles. The summed E-state index contributed by atoms with van der Waals surface area (Å²) >= 11 is 0. The minimum absolute atomic E-state index is 0.196. The van der Waals surface area contributed by atoms with Crippen LogP contribution in [0.5, 0.6) is 11.5 Å². The van der Waals surface area contributed by atoms with E-state index in [9.17, 15) is 13.2 Å². The lowest BCUT2D eigenvalue weighted by Crippen LogP contribution is -2.05. The van der Waals surface area contributed by atoms with Gasteiger partial charge in [-0.15, -0.1) is 5.10 Å². The minimum Gasteiger partial charge on any atom is -0.454 e. The number of hydrogen-bond donors (Lipinski definition) is 1. The quantitative estimate of drug-likeness (QED) is 0.390. The fourth-order valence-corrected chi connectivity index (χ4v) is 3.97. The Bertz CT molecular complexity index is 1550. The van der Waals surface area contributed by atoms with Crippen LogP contribution in [0.4, 0.5) is 19.0 Å². The SMILES string of the molecule is FC(F)(F)c1cccc(-c2nnn3c2nc(NCc2ccc4c(c2)OCO4)c2ccccc23)c1. The van der Waals surface area contributed by atoms with E-state index in [4.69, 9.17) is 14.5 Å². The van der Waals surface area contributed by atoms with Crippen LogP contribution in [-0.4, -0.2) is 26.6 Å². The van der Waals surface area contributed by atoms with Gasteiger partial charge in [-0.3, -0.25) is 0 Å². The molecule has 0 bridgehead atoms. The molecule has 0 unspecified atom stereocenters. The number of para-hydroxylation sites is 1. The molecule has 1 N–H and O–H groups in total. The number of rotatable bonds is 4. The molecule has 6 rings (SSSR count). The summed E-state index contributed by atoms with van der Waals surface area (Å²) in [5, 5.41) is 12.5. The van der Waals surface area contributed by atoms with E-state index < -0.39 is 11.7 Å². The molecule has 0 amide bonds. The smallest absolute Gasteiger partial charge is 0.416 e. The van der Waals surface area contributed by atoms with E-state index in [1.54, 1.807) is 6.07 Å². The van der Waals surface area contributed by atoms with Gasteiger partial charge >= 0.3 is 6.18 Å². The Morgan fingerprint density at radius 1 is 0.941 bits per heavy atom. The van der Waals surface area contributed by atoms with Crippen LogP contribution in [0, 0.1) is 0 Å². The summed E-state index contributed by atoms with van der Waals surface area (Å²) in [4.78, 5) is 4.71. The number of nitrogens with one attached hydrogen (secondary N) is 1. The third-order valence-electron chi connectivity index (χ3n) is 5.61. The molecule has 5 aromatic rings. The molecule has 34 heavy (non-hydrogen) atoms. The second-order valence-electron chi connectivity index (χ2n) is 7.77. The molecule has 0 atom stereocenters. The molecule has 170 valence electrons. The highest BCUT2D eigenvalue weighted by molar-refractivity contribution is 5.93. The summed E-state index contributed by atoms with van der Waals surface area (Å²) in [6.45, 7) is 0.645. The number of nitrogens with zero attached hydrogens (tertiary/aromatic N) is 4. The number of anilines is 1. The molecule has 7 nitrogen and oxygen atoms in total. The van der Waals surface area contributed by atoms with Gasteiger partial charge in [-0.25, -0.2) is 4.98 Å². The zero-order chi connectivity index (χ0) is 23.3. The lowest BCUT2D eigenvalue weighted by atomic mass is 10.1. The number of benzene rings is 3. The van der Waals surface area contributed by atoms with Crippen LogP contribution < -0.4 is 14.8 Å². The molecule has 1 aliphatic heterocycles. The fraction of sp³-hybridized carbons (Fsp3) is 0.125. The van der Waals surface area contributed by atoms with Gasteiger partial charge in [-0.1, -0.05) is 35.5 Å². The van der Waals surface area contributed by atoms with Crippen molar-refractivity contribution in [2.75, 3.05) is 12.1 Å². The van der Waals surface area contributed by atoms with Crippen LogP contribution in [0.25, 0.3) is 27.8 Å². The van der Waals surface area contributed by atoms with Crippen molar-refractivity contribution >= 4 is 22.4 Å². The molecule has 0 spiro atoms. The Morgan fingerprint density at radius 3 is 2.68 bits per heavy atom. The van der Waals surface area contributed by atoms with Crippen molar-refractivity contribution in [1.82, 2.24) is 19.8 Å². The molecule has 0 fully saturated rings. The number of hydrogen-bond acceptors (Lipinski definition) is 6. The predicted octanol–water partition coefficient (Wildman–Crippen LogP) is 5.30. The number of fused-ring (bicyclic) bond motifs is 4. The van der Waals surface area contributed by atoms with E-state index in [2.05, 4.69) is 15.6 Å². The number of aromatic nitrogens is 4. The normalized spacial score (nSPS) is 13.0. The topological polar surface area (TPSA) is 73.6 Å². The van der Waals surface area contributed by atoms with E-state index in [1.165, 1.54) is 10.6 Å². The first-order chi connectivity index (χ1) is 16.5. The van der Waals surface area contributed by atoms with Gasteiger partial charge in [-0.05, 0) is 42.0 Å². The third-order valence-corrected chi connectivity index (χ3v) is 5.61. The summed E-state index contributed by atoms with van der Waals surface area (Å²) < 4.78 is 52.1. The first-order valence-electron chi connectivity index (χ1n) is 10.4. The van der Waals surface area contributed by atoms with Crippen LogP contribution in [-0.2, 0) is 12.7 Å². The molecular weight excluding hydrogens is 447 g/mol. The molecule has 3 aromatic carbocycles. The molecule has 0 radical (unpaired) electrons. The number of halogens is 3. The van der Waals surface area contributed by atoms with Crippen molar-refractivity contribution in [2.45, 2.75) is 12.7 Å². The maximum absolute atomic E-state index is 13.3. The molecule has 0 aliphatic carbocycles. The Balaban J connectivity index is 1.43. The second kappa shape index (κ2) is 7.62. The standard InChI is InChI=1S/C24H16F3N5O2/c25-24(26,27)16-5-3-4-15(11-16)21-23-29-22(17-6-1-2-7-18(17)32(23)31-30-21)28-12-14-8-9-19-20(10-14)34-13-33-19/h1-11H,12-13H2,(H,28,29). The summed E-state index contributed by atoms with van der Waals surface area (Å²) in [5.74, 6) is 1.94. The average Bonchev–Trinajstić information content (AvgIpc) is 3.49. The lowest BCUT2D eigenvalue weighted by Gasteiger charge is -2.11. The summed E-state index contributed by atoms with van der Waals surface area (Å²) in [6.07, 6.45) is -4.46. The number of alkyl halides is 3. The summed E-state index contributed by atoms with van der Waals surface area (Å²) in [6, 6.07) is 18.2. The van der Waals surface area contributed by atoms with Crippen molar-refractivity contribution in [3.63, 3.8) is 0 Å². The Labute approximate surface area is 190 Å². The van der Waals surface area contributed by atoms with E-state index in [-0.39, 0.29) is 18.1 Å². The van der Waals surface area contributed by atoms with Crippen molar-refractivity contribution in [3.05, 3.63) is 77.9 Å². The van der Waals surface area contributed by atoms with Gasteiger partial charge in [0.2, 0.25) is 6.79 Å². The largest absolute Gasteiger partial charge is 0.454 e. The molecule has 0 saturated carbocycles. The zero-order valence-corrected chi connectivity index (χ0v) is 17.5. The first kappa shape index (κ1) is 20.3. The van der Waals surface area contributed by atoms with Crippen LogP contribution in [0.1, 0.15) is 11.1 Å². The highest BCUT2D eigenvalue weighted by Gasteiger charge is 2.31. The van der Waals surface area contributed by atoms with Crippen molar-refractivity contribution < 1.29 is 22.6 Å². The van der Waals surface area contributed by atoms with Crippen LogP contribution in [0.2, 0.25) is 0 Å². The second-order valence-corrected chi connectivity index (χ2v) is 7.77. The van der Waals surface area contributed by atoms with Crippen molar-refractivity contribution in [1.29, 1.82) is 0 Å². The minimum atomic E-state index is -4.46. The number of ether oxygens (including phenoxy) is 2. The van der Waals surface area contributed by atoms with Crippen LogP contribution >= 0.6 is 0 Å². The average molecular weight is 463 g/mol. The predicted molar refractivity (Wildman–Crippen MR) is 119 cm³/mol. The third kappa shape index (κ3) is 3.43. The van der Waals surface area contributed by atoms with Gasteiger partial charge in [0.25, 0.3) is 0 Å². The molecular formula is C24H16F3N5O2. The molecule has 2 aromatic heterocycles. The molecule has 1 aliphatic rings. The van der Waals surface area contributed by atoms with Gasteiger partial charge in [0.05, 0.1) is 11.1 Å². The van der Waals surface area contributed by atoms with E-state index in [0.29, 0.717) is 29.5 Å². The Morgan fingerprint density at radius 2 is 1.79 bits per heavy atom. The lowest BCUT2D eigenvalue weighted by molar-refractivity contribution is -0.137. The van der Waals surface area contributed by atoms with Gasteiger partial charge in [-0.2, -0.15) is 17.7 Å². The van der Waals surface area contributed by atoms with E-state index >= 15 is 0 Å². The maximum atomic E-state index is 13.3. The van der Waals surface area contributed by atoms with E-state index in [0.717, 1.165) is 28.6 Å². The molecule has 0 saturated heterocycles. The Kier molecular flexibility index (Phi) is 4.54. The van der Waals surface area contributed by atoms with Crippen LogP contribution in [0.15, 0.2) is 66.7 Å². The first-order valence-corrected chi connectivity index (χ1v) is 10.4. The van der Waals surface area contributed by atoms with E-state index in [1.807, 2.05) is 42.5 Å². The van der Waals surface area contributed by atoms with Crippen LogP contribution in [0.3, 0.4) is 0 Å². The zero-order valence-electron chi connectivity index (χ0n) is 17.5. The highest BCUT2D eigenvalue weighted by atomic mass is 19.4. The van der Waals surface area contributed by atoms with Gasteiger partial charge in [0.1, 0.15) is 11.5 Å².